The third kappa shape index (κ3) is 3.30. The predicted octanol–water partition coefficient (Wildman–Crippen LogP) is 2.68. The third-order valence-corrected chi connectivity index (χ3v) is 2.89. The van der Waals surface area contributed by atoms with Crippen LogP contribution in [0.2, 0.25) is 0 Å². The fraction of sp³-hybridized carbons (Fsp3) is 0.0833. The number of benzene rings is 1. The second kappa shape index (κ2) is 5.32. The van der Waals surface area contributed by atoms with E-state index >= 15 is 0 Å². The number of pyridine rings is 1. The van der Waals surface area contributed by atoms with E-state index in [0.717, 1.165) is 11.1 Å². The number of halogens is 1. The van der Waals surface area contributed by atoms with E-state index in [0.29, 0.717) is 5.69 Å². The summed E-state index contributed by atoms with van der Waals surface area (Å²) in [5.41, 5.74) is 2.16. The van der Waals surface area contributed by atoms with Crippen molar-refractivity contribution in [1.29, 1.82) is 0 Å². The molecule has 0 amide bonds. The largest absolute Gasteiger partial charge is 0.350 e. The third-order valence-electron chi connectivity index (χ3n) is 2.29. The van der Waals surface area contributed by atoms with Crippen molar-refractivity contribution >= 4 is 8.38 Å². The highest BCUT2D eigenvalue weighted by atomic mass is 31.2. The summed E-state index contributed by atoms with van der Waals surface area (Å²) < 4.78 is 13.0. The van der Waals surface area contributed by atoms with Gasteiger partial charge in [0.05, 0.1) is 6.16 Å². The summed E-state index contributed by atoms with van der Waals surface area (Å²) >= 11 is 0. The molecule has 1 aromatic carbocycles. The molecule has 2 N–H and O–H groups in total. The molecule has 0 aliphatic heterocycles. The molecule has 0 aliphatic carbocycles. The first-order chi connectivity index (χ1) is 8.15. The Morgan fingerprint density at radius 3 is 2.53 bits per heavy atom. The molecule has 1 heterocycles. The van der Waals surface area contributed by atoms with Crippen molar-refractivity contribution in [3.63, 3.8) is 0 Å². The maximum Gasteiger partial charge on any atom is 0.171 e. The second-order valence-corrected chi connectivity index (χ2v) is 4.64. The van der Waals surface area contributed by atoms with Gasteiger partial charge in [-0.3, -0.25) is 4.98 Å². The fourth-order valence-electron chi connectivity index (χ4n) is 1.50. The van der Waals surface area contributed by atoms with E-state index in [1.165, 1.54) is 12.1 Å². The van der Waals surface area contributed by atoms with Gasteiger partial charge in [-0.05, 0) is 23.8 Å². The summed E-state index contributed by atoms with van der Waals surface area (Å²) in [5, 5.41) is 0. The van der Waals surface area contributed by atoms with Crippen molar-refractivity contribution < 1.29 is 14.2 Å². The molecule has 0 radical (unpaired) electrons. The van der Waals surface area contributed by atoms with E-state index in [1.54, 1.807) is 30.5 Å². The van der Waals surface area contributed by atoms with Crippen molar-refractivity contribution in [3.05, 3.63) is 54.1 Å². The maximum absolute atomic E-state index is 13.0. The highest BCUT2D eigenvalue weighted by Crippen LogP contribution is 2.28. The Bertz CT molecular complexity index is 502. The molecule has 2 rings (SSSR count). The average molecular weight is 251 g/mol. The van der Waals surface area contributed by atoms with Gasteiger partial charge in [-0.2, -0.15) is 0 Å². The summed E-state index contributed by atoms with van der Waals surface area (Å²) in [7, 11) is -1.97. The van der Waals surface area contributed by atoms with Crippen LogP contribution < -0.4 is 0 Å². The Hall–Kier alpha value is -1.35. The van der Waals surface area contributed by atoms with Gasteiger partial charge >= 0.3 is 0 Å². The van der Waals surface area contributed by atoms with E-state index in [1.807, 2.05) is 0 Å². The molecular weight excluding hydrogens is 240 g/mol. The molecule has 0 bridgehead atoms. The van der Waals surface area contributed by atoms with Gasteiger partial charge in [0.25, 0.3) is 0 Å². The SMILES string of the molecule is OP(O)Cc1ccc(-c2cccc(F)c2)cn1. The molecule has 0 unspecified atom stereocenters. The molecule has 17 heavy (non-hydrogen) atoms. The van der Waals surface area contributed by atoms with Gasteiger partial charge in [-0.25, -0.2) is 4.39 Å². The zero-order chi connectivity index (χ0) is 12.3. The van der Waals surface area contributed by atoms with Crippen molar-refractivity contribution in [1.82, 2.24) is 4.98 Å². The van der Waals surface area contributed by atoms with Crippen LogP contribution in [0.15, 0.2) is 42.6 Å². The van der Waals surface area contributed by atoms with Crippen LogP contribution in [0.3, 0.4) is 0 Å². The van der Waals surface area contributed by atoms with Crippen LogP contribution in [-0.2, 0) is 6.16 Å². The molecule has 3 nitrogen and oxygen atoms in total. The molecule has 0 spiro atoms. The van der Waals surface area contributed by atoms with Crippen molar-refractivity contribution in [2.45, 2.75) is 6.16 Å². The van der Waals surface area contributed by atoms with Crippen LogP contribution in [0, 0.1) is 5.82 Å². The van der Waals surface area contributed by atoms with Crippen LogP contribution >= 0.6 is 8.38 Å². The summed E-state index contributed by atoms with van der Waals surface area (Å²) in [6.45, 7) is 0. The molecule has 88 valence electrons. The second-order valence-electron chi connectivity index (χ2n) is 3.58. The summed E-state index contributed by atoms with van der Waals surface area (Å²) in [6.07, 6.45) is 1.75. The van der Waals surface area contributed by atoms with E-state index in [2.05, 4.69) is 4.98 Å². The standard InChI is InChI=1S/C12H11FNO2P/c13-11-3-1-2-9(6-11)10-4-5-12(14-7-10)8-17(15)16/h1-7,15-16H,8H2. The van der Waals surface area contributed by atoms with Crippen LogP contribution in [0.4, 0.5) is 4.39 Å². The van der Waals surface area contributed by atoms with Crippen molar-refractivity contribution in [2.24, 2.45) is 0 Å². The van der Waals surface area contributed by atoms with Gasteiger partial charge in [0.15, 0.2) is 8.38 Å². The first-order valence-corrected chi connectivity index (χ1v) is 6.44. The Kier molecular flexibility index (Phi) is 3.79. The number of aromatic nitrogens is 1. The molecule has 0 saturated carbocycles. The number of hydrogen-bond acceptors (Lipinski definition) is 3. The number of nitrogens with zero attached hydrogens (tertiary/aromatic N) is 1. The van der Waals surface area contributed by atoms with E-state index < -0.39 is 8.38 Å². The lowest BCUT2D eigenvalue weighted by Crippen LogP contribution is -1.89. The zero-order valence-electron chi connectivity index (χ0n) is 8.92. The van der Waals surface area contributed by atoms with E-state index in [-0.39, 0.29) is 12.0 Å². The lowest BCUT2D eigenvalue weighted by Gasteiger charge is -2.04. The molecular formula is C12H11FNO2P. The minimum Gasteiger partial charge on any atom is -0.350 e. The molecule has 0 atom stereocenters. The molecule has 0 fully saturated rings. The summed E-state index contributed by atoms with van der Waals surface area (Å²) in [5.74, 6) is -0.291. The normalized spacial score (nSPS) is 10.8. The molecule has 2 aromatic rings. The average Bonchev–Trinajstić information content (AvgIpc) is 2.29. The van der Waals surface area contributed by atoms with Gasteiger partial charge in [0.2, 0.25) is 0 Å². The minimum atomic E-state index is -1.97. The first kappa shape index (κ1) is 12.1. The van der Waals surface area contributed by atoms with E-state index in [4.69, 9.17) is 9.79 Å². The number of hydrogen-bond donors (Lipinski definition) is 2. The smallest absolute Gasteiger partial charge is 0.171 e. The zero-order valence-corrected chi connectivity index (χ0v) is 9.81. The molecule has 1 aromatic heterocycles. The number of rotatable bonds is 3. The fourth-order valence-corrected chi connectivity index (χ4v) is 1.98. The van der Waals surface area contributed by atoms with Crippen LogP contribution in [0.5, 0.6) is 0 Å². The highest BCUT2D eigenvalue weighted by Gasteiger charge is 2.04. The Morgan fingerprint density at radius 1 is 1.12 bits per heavy atom. The first-order valence-electron chi connectivity index (χ1n) is 5.01. The summed E-state index contributed by atoms with van der Waals surface area (Å²) in [6, 6.07) is 9.75. The van der Waals surface area contributed by atoms with Crippen LogP contribution in [-0.4, -0.2) is 14.8 Å². The van der Waals surface area contributed by atoms with Gasteiger partial charge in [-0.1, -0.05) is 18.2 Å². The van der Waals surface area contributed by atoms with Gasteiger partial charge in [0.1, 0.15) is 5.82 Å². The topological polar surface area (TPSA) is 53.4 Å². The van der Waals surface area contributed by atoms with Crippen molar-refractivity contribution in [3.8, 4) is 11.1 Å². The van der Waals surface area contributed by atoms with Gasteiger partial charge < -0.3 is 9.79 Å². The van der Waals surface area contributed by atoms with E-state index in [9.17, 15) is 4.39 Å². The van der Waals surface area contributed by atoms with Crippen LogP contribution in [0.25, 0.3) is 11.1 Å². The van der Waals surface area contributed by atoms with Crippen molar-refractivity contribution in [2.75, 3.05) is 0 Å². The highest BCUT2D eigenvalue weighted by molar-refractivity contribution is 7.44. The molecule has 0 aliphatic rings. The minimum absolute atomic E-state index is 0.152. The monoisotopic (exact) mass is 251 g/mol. The Labute approximate surface area is 99.5 Å². The summed E-state index contributed by atoms with van der Waals surface area (Å²) in [4.78, 5) is 21.8. The Balaban J connectivity index is 2.23. The van der Waals surface area contributed by atoms with Gasteiger partial charge in [-0.15, -0.1) is 0 Å². The lowest BCUT2D eigenvalue weighted by molar-refractivity contribution is 0.481. The lowest BCUT2D eigenvalue weighted by atomic mass is 10.1. The molecule has 5 heteroatoms. The van der Waals surface area contributed by atoms with Gasteiger partial charge in [0, 0.05) is 17.5 Å². The quantitative estimate of drug-likeness (QED) is 0.824. The van der Waals surface area contributed by atoms with Crippen LogP contribution in [0.1, 0.15) is 5.69 Å². The predicted molar refractivity (Wildman–Crippen MR) is 64.7 cm³/mol. The maximum atomic E-state index is 13.0. The Morgan fingerprint density at radius 2 is 1.94 bits per heavy atom. The molecule has 0 saturated heterocycles.